The molecule has 0 saturated heterocycles. The molecule has 0 aliphatic heterocycles. The van der Waals surface area contributed by atoms with Gasteiger partial charge >= 0.3 is 0 Å². The fraction of sp³-hybridized carbons (Fsp3) is 0. The van der Waals surface area contributed by atoms with E-state index in [1.165, 1.54) is 6.20 Å². The van der Waals surface area contributed by atoms with Crippen molar-refractivity contribution >= 4 is 5.95 Å². The molecule has 0 atom stereocenters. The minimum atomic E-state index is -0.138. The van der Waals surface area contributed by atoms with Crippen LogP contribution in [0.25, 0.3) is 11.3 Å². The molecule has 0 aromatic carbocycles. The number of nitrogens with two attached hydrogens (primary N) is 1. The molecule has 0 unspecified atom stereocenters. The van der Waals surface area contributed by atoms with E-state index in [1.54, 1.807) is 24.4 Å². The van der Waals surface area contributed by atoms with Gasteiger partial charge in [-0.3, -0.25) is 10.4 Å². The summed E-state index contributed by atoms with van der Waals surface area (Å²) in [4.78, 5) is 7.80. The van der Waals surface area contributed by atoms with E-state index >= 15 is 0 Å². The summed E-state index contributed by atoms with van der Waals surface area (Å²) in [5.74, 6) is -0.125. The average Bonchev–Trinajstić information content (AvgIpc) is 2.27. The molecule has 6 nitrogen and oxygen atoms in total. The summed E-state index contributed by atoms with van der Waals surface area (Å²) >= 11 is 0. The summed E-state index contributed by atoms with van der Waals surface area (Å²) in [6.45, 7) is 0. The molecule has 6 heteroatoms. The predicted octanol–water partition coefficient (Wildman–Crippen LogP) is 0.244. The molecule has 2 heterocycles. The number of hydrogen-bond donors (Lipinski definition) is 3. The smallest absolute Gasteiger partial charge is 0.236 e. The number of nitrogens with one attached hydrogen (secondary N) is 1. The molecule has 0 aliphatic rings. The van der Waals surface area contributed by atoms with Gasteiger partial charge in [0.15, 0.2) is 5.49 Å². The molecule has 76 valence electrons. The molecule has 15 heavy (non-hydrogen) atoms. The van der Waals surface area contributed by atoms with E-state index in [0.29, 0.717) is 16.0 Å². The predicted molar refractivity (Wildman–Crippen MR) is 52.9 cm³/mol. The van der Waals surface area contributed by atoms with Gasteiger partial charge in [-0.2, -0.15) is 0 Å². The topological polar surface area (TPSA) is 101 Å². The molecular weight excluding hydrogens is 194 g/mol. The summed E-state index contributed by atoms with van der Waals surface area (Å²) in [5, 5.41) is 17.0. The van der Waals surface area contributed by atoms with Crippen LogP contribution in [0.1, 0.15) is 0 Å². The van der Waals surface area contributed by atoms with Crippen LogP contribution >= 0.6 is 0 Å². The lowest BCUT2D eigenvalue weighted by Gasteiger charge is -2.04. The molecule has 0 spiro atoms. The van der Waals surface area contributed by atoms with Crippen molar-refractivity contribution in [2.45, 2.75) is 0 Å². The molecule has 2 rings (SSSR count). The Hall–Kier alpha value is -2.37. The fourth-order valence-electron chi connectivity index (χ4n) is 1.18. The van der Waals surface area contributed by atoms with Gasteiger partial charge in [0.05, 0.1) is 11.3 Å². The van der Waals surface area contributed by atoms with Crippen LogP contribution in [0.15, 0.2) is 30.6 Å². The van der Waals surface area contributed by atoms with E-state index in [0.717, 1.165) is 0 Å². The summed E-state index contributed by atoms with van der Waals surface area (Å²) in [7, 11) is 0. The minimum absolute atomic E-state index is 0.125. The minimum Gasteiger partial charge on any atom is -0.423 e. The zero-order chi connectivity index (χ0) is 10.8. The Morgan fingerprint density at radius 3 is 2.80 bits per heavy atom. The zero-order valence-corrected chi connectivity index (χ0v) is 7.75. The second-order valence-electron chi connectivity index (χ2n) is 2.91. The van der Waals surface area contributed by atoms with Gasteiger partial charge in [0.25, 0.3) is 0 Å². The van der Waals surface area contributed by atoms with Gasteiger partial charge in [0.2, 0.25) is 5.95 Å². The first-order chi connectivity index (χ1) is 7.20. The van der Waals surface area contributed by atoms with Gasteiger partial charge < -0.3 is 10.9 Å². The Balaban J connectivity index is 2.66. The van der Waals surface area contributed by atoms with Gasteiger partial charge in [0, 0.05) is 12.4 Å². The third-order valence-electron chi connectivity index (χ3n) is 1.95. The van der Waals surface area contributed by atoms with Crippen molar-refractivity contribution in [1.82, 2.24) is 14.7 Å². The number of nitrogen functional groups attached to an aromatic ring is 1. The highest BCUT2D eigenvalue weighted by atomic mass is 16.5. The molecule has 0 amide bonds. The quantitative estimate of drug-likeness (QED) is 0.578. The second-order valence-corrected chi connectivity index (χ2v) is 2.91. The molecule has 2 aromatic heterocycles. The maximum absolute atomic E-state index is 9.36. The van der Waals surface area contributed by atoms with Crippen molar-refractivity contribution in [3.05, 3.63) is 36.1 Å². The molecule has 4 N–H and O–H groups in total. The monoisotopic (exact) mass is 203 g/mol. The van der Waals surface area contributed by atoms with Crippen molar-refractivity contribution in [3.8, 4) is 11.3 Å². The number of pyridine rings is 1. The number of aromatic nitrogens is 3. The zero-order valence-electron chi connectivity index (χ0n) is 7.75. The Bertz CT molecular complexity index is 534. The second kappa shape index (κ2) is 3.41. The van der Waals surface area contributed by atoms with Crippen LogP contribution in [0, 0.1) is 5.41 Å². The number of anilines is 1. The molecule has 2 aromatic rings. The Labute approximate surface area is 85.1 Å². The van der Waals surface area contributed by atoms with Crippen LogP contribution in [0.2, 0.25) is 0 Å². The lowest BCUT2D eigenvalue weighted by molar-refractivity contribution is 0.174. The normalized spacial score (nSPS) is 10.1. The highest BCUT2D eigenvalue weighted by Gasteiger charge is 2.06. The van der Waals surface area contributed by atoms with Crippen LogP contribution in [0.4, 0.5) is 5.95 Å². The van der Waals surface area contributed by atoms with Crippen LogP contribution in [-0.2, 0) is 0 Å². The van der Waals surface area contributed by atoms with Crippen molar-refractivity contribution in [2.24, 2.45) is 0 Å². The first kappa shape index (κ1) is 9.20. The van der Waals surface area contributed by atoms with Crippen LogP contribution in [0.5, 0.6) is 0 Å². The number of hydrogen-bond acceptors (Lipinski definition) is 5. The van der Waals surface area contributed by atoms with Crippen LogP contribution < -0.4 is 11.2 Å². The molecule has 0 fully saturated rings. The Kier molecular flexibility index (Phi) is 2.09. The summed E-state index contributed by atoms with van der Waals surface area (Å²) in [6, 6.07) is 5.29. The lowest BCUT2D eigenvalue weighted by atomic mass is 10.2. The van der Waals surface area contributed by atoms with Crippen molar-refractivity contribution in [1.29, 1.82) is 5.41 Å². The summed E-state index contributed by atoms with van der Waals surface area (Å²) in [5.41, 5.74) is 6.18. The average molecular weight is 203 g/mol. The van der Waals surface area contributed by atoms with E-state index < -0.39 is 0 Å². The summed E-state index contributed by atoms with van der Waals surface area (Å²) in [6.07, 6.45) is 3.01. The standard InChI is InChI=1S/C9H9N5O/c10-8-6(5-13-9(11)14(8)15)7-3-1-2-4-12-7/h1-5,10,15H,(H2,11,13). The van der Waals surface area contributed by atoms with Crippen molar-refractivity contribution in [3.63, 3.8) is 0 Å². The molecule has 0 bridgehead atoms. The van der Waals surface area contributed by atoms with Crippen LogP contribution in [-0.4, -0.2) is 19.9 Å². The van der Waals surface area contributed by atoms with Gasteiger partial charge in [-0.15, -0.1) is 4.73 Å². The van der Waals surface area contributed by atoms with E-state index in [-0.39, 0.29) is 11.4 Å². The maximum atomic E-state index is 9.36. The highest BCUT2D eigenvalue weighted by molar-refractivity contribution is 5.56. The van der Waals surface area contributed by atoms with Gasteiger partial charge in [-0.25, -0.2) is 4.98 Å². The van der Waals surface area contributed by atoms with Crippen molar-refractivity contribution in [2.75, 3.05) is 5.73 Å². The third-order valence-corrected chi connectivity index (χ3v) is 1.95. The maximum Gasteiger partial charge on any atom is 0.236 e. The fourth-order valence-corrected chi connectivity index (χ4v) is 1.18. The molecule has 0 radical (unpaired) electrons. The van der Waals surface area contributed by atoms with E-state index in [4.69, 9.17) is 11.1 Å². The van der Waals surface area contributed by atoms with Gasteiger partial charge in [-0.1, -0.05) is 6.07 Å². The van der Waals surface area contributed by atoms with Crippen molar-refractivity contribution < 1.29 is 5.21 Å². The van der Waals surface area contributed by atoms with E-state index in [1.807, 2.05) is 0 Å². The Morgan fingerprint density at radius 2 is 2.13 bits per heavy atom. The van der Waals surface area contributed by atoms with E-state index in [2.05, 4.69) is 9.97 Å². The number of rotatable bonds is 1. The van der Waals surface area contributed by atoms with E-state index in [9.17, 15) is 5.21 Å². The SMILES string of the molecule is N=c1c(-c2ccccn2)cnc(N)n1O. The molecule has 0 aliphatic carbocycles. The number of nitrogens with zero attached hydrogens (tertiary/aromatic N) is 3. The highest BCUT2D eigenvalue weighted by Crippen LogP contribution is 2.10. The first-order valence-electron chi connectivity index (χ1n) is 4.23. The summed E-state index contributed by atoms with van der Waals surface area (Å²) < 4.78 is 0.518. The molecular formula is C9H9N5O. The third kappa shape index (κ3) is 1.52. The lowest BCUT2D eigenvalue weighted by Crippen LogP contribution is -2.23. The largest absolute Gasteiger partial charge is 0.423 e. The Morgan fingerprint density at radius 1 is 1.33 bits per heavy atom. The molecule has 0 saturated carbocycles. The van der Waals surface area contributed by atoms with Gasteiger partial charge in [0.1, 0.15) is 0 Å². The van der Waals surface area contributed by atoms with Crippen LogP contribution in [0.3, 0.4) is 0 Å². The van der Waals surface area contributed by atoms with Gasteiger partial charge in [-0.05, 0) is 12.1 Å². The first-order valence-corrected chi connectivity index (χ1v) is 4.23.